The van der Waals surface area contributed by atoms with Gasteiger partial charge in [0.2, 0.25) is 0 Å². The quantitative estimate of drug-likeness (QED) is 0.380. The van der Waals surface area contributed by atoms with E-state index in [1.54, 1.807) is 0 Å². The first-order chi connectivity index (χ1) is 6.48. The largest absolute Gasteiger partial charge is 0.298 e. The van der Waals surface area contributed by atoms with Crippen LogP contribution >= 0.6 is 0 Å². The Morgan fingerprint density at radius 2 is 2.29 bits per heavy atom. The molecule has 0 saturated heterocycles. The molecule has 0 aromatic rings. The second kappa shape index (κ2) is 4.12. The van der Waals surface area contributed by atoms with Crippen molar-refractivity contribution in [1.82, 2.24) is 0 Å². The minimum Gasteiger partial charge on any atom is -0.298 e. The molecule has 0 N–H and O–H groups in total. The van der Waals surface area contributed by atoms with E-state index in [1.807, 2.05) is 6.92 Å². The van der Waals surface area contributed by atoms with Crippen LogP contribution in [0.3, 0.4) is 0 Å². The number of carbonyl (C=O) groups is 1. The van der Waals surface area contributed by atoms with Gasteiger partial charge in [0, 0.05) is 0 Å². The summed E-state index contributed by atoms with van der Waals surface area (Å²) in [4.78, 5) is 10.5. The van der Waals surface area contributed by atoms with Crippen LogP contribution in [0.15, 0.2) is 23.3 Å². The molecule has 0 saturated carbocycles. The van der Waals surface area contributed by atoms with Crippen molar-refractivity contribution in [2.75, 3.05) is 0 Å². The Morgan fingerprint density at radius 3 is 2.71 bits per heavy atom. The standard InChI is InChI=1S/C13H20O/c1-10(9-14)5-7-12-8-6-11(2)13(12,3)4/h5-6,9,12H,7-8H2,1-4H3/b10-5-/t12-/m0/s1. The molecule has 0 aromatic heterocycles. The third kappa shape index (κ3) is 2.14. The summed E-state index contributed by atoms with van der Waals surface area (Å²) in [6.07, 6.45) is 7.50. The molecule has 1 aliphatic carbocycles. The number of rotatable bonds is 3. The second-order valence-corrected chi connectivity index (χ2v) is 4.84. The smallest absolute Gasteiger partial charge is 0.145 e. The monoisotopic (exact) mass is 192 g/mol. The van der Waals surface area contributed by atoms with Crippen LogP contribution in [-0.2, 0) is 4.79 Å². The van der Waals surface area contributed by atoms with Crippen LogP contribution in [0.25, 0.3) is 0 Å². The summed E-state index contributed by atoms with van der Waals surface area (Å²) in [5.74, 6) is 0.664. The minimum absolute atomic E-state index is 0.305. The molecule has 1 nitrogen and oxygen atoms in total. The fourth-order valence-electron chi connectivity index (χ4n) is 1.97. The first kappa shape index (κ1) is 11.2. The first-order valence-electron chi connectivity index (χ1n) is 5.27. The van der Waals surface area contributed by atoms with Crippen LogP contribution < -0.4 is 0 Å². The van der Waals surface area contributed by atoms with Gasteiger partial charge in [0.05, 0.1) is 0 Å². The zero-order valence-corrected chi connectivity index (χ0v) is 9.63. The maximum atomic E-state index is 10.5. The van der Waals surface area contributed by atoms with Crippen LogP contribution in [0.5, 0.6) is 0 Å². The molecule has 0 spiro atoms. The second-order valence-electron chi connectivity index (χ2n) is 4.84. The van der Waals surface area contributed by atoms with Crippen LogP contribution in [0.4, 0.5) is 0 Å². The summed E-state index contributed by atoms with van der Waals surface area (Å²) in [7, 11) is 0. The summed E-state index contributed by atoms with van der Waals surface area (Å²) < 4.78 is 0. The molecule has 0 amide bonds. The highest BCUT2D eigenvalue weighted by Gasteiger charge is 2.33. The summed E-state index contributed by atoms with van der Waals surface area (Å²) in [5, 5.41) is 0. The molecule has 78 valence electrons. The van der Waals surface area contributed by atoms with E-state index in [4.69, 9.17) is 0 Å². The normalized spacial score (nSPS) is 26.1. The molecule has 0 bridgehead atoms. The third-order valence-corrected chi connectivity index (χ3v) is 3.66. The third-order valence-electron chi connectivity index (χ3n) is 3.66. The lowest BCUT2D eigenvalue weighted by atomic mass is 9.76. The number of hydrogen-bond acceptors (Lipinski definition) is 1. The molecule has 0 fully saturated rings. The number of hydrogen-bond donors (Lipinski definition) is 0. The molecule has 1 aliphatic rings. The van der Waals surface area contributed by atoms with Gasteiger partial charge < -0.3 is 0 Å². The van der Waals surface area contributed by atoms with Crippen molar-refractivity contribution in [2.45, 2.75) is 40.5 Å². The fourth-order valence-corrected chi connectivity index (χ4v) is 1.97. The summed E-state index contributed by atoms with van der Waals surface area (Å²) in [6, 6.07) is 0. The average Bonchev–Trinajstić information content (AvgIpc) is 2.39. The Morgan fingerprint density at radius 1 is 1.64 bits per heavy atom. The molecule has 1 heteroatoms. The van der Waals surface area contributed by atoms with Gasteiger partial charge in [-0.2, -0.15) is 0 Å². The summed E-state index contributed by atoms with van der Waals surface area (Å²) in [5.41, 5.74) is 2.64. The fraction of sp³-hybridized carbons (Fsp3) is 0.615. The Hall–Kier alpha value is -0.850. The summed E-state index contributed by atoms with van der Waals surface area (Å²) in [6.45, 7) is 8.66. The van der Waals surface area contributed by atoms with E-state index in [1.165, 1.54) is 5.57 Å². The lowest BCUT2D eigenvalue weighted by molar-refractivity contribution is -0.104. The van der Waals surface area contributed by atoms with Crippen molar-refractivity contribution < 1.29 is 4.79 Å². The van der Waals surface area contributed by atoms with E-state index < -0.39 is 0 Å². The molecule has 1 rings (SSSR count). The summed E-state index contributed by atoms with van der Waals surface area (Å²) >= 11 is 0. The van der Waals surface area contributed by atoms with Crippen molar-refractivity contribution in [1.29, 1.82) is 0 Å². The van der Waals surface area contributed by atoms with Crippen molar-refractivity contribution >= 4 is 6.29 Å². The van der Waals surface area contributed by atoms with Crippen LogP contribution in [-0.4, -0.2) is 6.29 Å². The predicted octanol–water partition coefficient (Wildman–Crippen LogP) is 3.51. The molecule has 0 aromatic carbocycles. The molecule has 14 heavy (non-hydrogen) atoms. The lowest BCUT2D eigenvalue weighted by Crippen LogP contribution is -2.19. The Bertz CT molecular complexity index is 282. The van der Waals surface area contributed by atoms with Crippen LogP contribution in [0.1, 0.15) is 40.5 Å². The minimum atomic E-state index is 0.305. The number of carbonyl (C=O) groups excluding carboxylic acids is 1. The van der Waals surface area contributed by atoms with Crippen LogP contribution in [0.2, 0.25) is 0 Å². The average molecular weight is 192 g/mol. The van der Waals surface area contributed by atoms with Gasteiger partial charge in [-0.3, -0.25) is 4.79 Å². The van der Waals surface area contributed by atoms with Crippen molar-refractivity contribution in [3.05, 3.63) is 23.3 Å². The Kier molecular flexibility index (Phi) is 3.30. The zero-order valence-electron chi connectivity index (χ0n) is 9.63. The molecule has 1 atom stereocenters. The van der Waals surface area contributed by atoms with Gasteiger partial charge in [0.15, 0.2) is 0 Å². The topological polar surface area (TPSA) is 17.1 Å². The highest BCUT2D eigenvalue weighted by Crippen LogP contribution is 2.44. The van der Waals surface area contributed by atoms with Crippen molar-refractivity contribution in [3.63, 3.8) is 0 Å². The van der Waals surface area contributed by atoms with Crippen molar-refractivity contribution in [3.8, 4) is 0 Å². The number of allylic oxidation sites excluding steroid dienone is 4. The Balaban J connectivity index is 2.62. The Labute approximate surface area is 86.9 Å². The molecule has 0 unspecified atom stereocenters. The van der Waals surface area contributed by atoms with Gasteiger partial charge in [-0.1, -0.05) is 31.6 Å². The van der Waals surface area contributed by atoms with E-state index in [0.717, 1.165) is 24.7 Å². The molecule has 0 heterocycles. The van der Waals surface area contributed by atoms with Gasteiger partial charge in [-0.05, 0) is 43.6 Å². The zero-order chi connectivity index (χ0) is 10.8. The highest BCUT2D eigenvalue weighted by atomic mass is 16.1. The van der Waals surface area contributed by atoms with E-state index in [0.29, 0.717) is 11.3 Å². The van der Waals surface area contributed by atoms with Gasteiger partial charge in [-0.25, -0.2) is 0 Å². The molecule has 0 radical (unpaired) electrons. The molecule has 0 aliphatic heterocycles. The van der Waals surface area contributed by atoms with Crippen molar-refractivity contribution in [2.24, 2.45) is 11.3 Å². The van der Waals surface area contributed by atoms with Gasteiger partial charge in [0.1, 0.15) is 6.29 Å². The van der Waals surface area contributed by atoms with E-state index in [2.05, 4.69) is 32.9 Å². The van der Waals surface area contributed by atoms with Gasteiger partial charge >= 0.3 is 0 Å². The lowest BCUT2D eigenvalue weighted by Gasteiger charge is -2.28. The first-order valence-corrected chi connectivity index (χ1v) is 5.27. The SMILES string of the molecule is CC1=CC[C@H](C/C=C(/C)C=O)C1(C)C. The van der Waals surface area contributed by atoms with E-state index in [-0.39, 0.29) is 0 Å². The van der Waals surface area contributed by atoms with Gasteiger partial charge in [0.25, 0.3) is 0 Å². The van der Waals surface area contributed by atoms with Gasteiger partial charge in [-0.15, -0.1) is 0 Å². The van der Waals surface area contributed by atoms with E-state index >= 15 is 0 Å². The van der Waals surface area contributed by atoms with Crippen LogP contribution in [0, 0.1) is 11.3 Å². The maximum Gasteiger partial charge on any atom is 0.145 e. The number of aldehydes is 1. The maximum absolute atomic E-state index is 10.5. The van der Waals surface area contributed by atoms with E-state index in [9.17, 15) is 4.79 Å². The molecular formula is C13H20O. The highest BCUT2D eigenvalue weighted by molar-refractivity contribution is 5.71. The predicted molar refractivity (Wildman–Crippen MR) is 60.1 cm³/mol. The molecular weight excluding hydrogens is 172 g/mol.